The van der Waals surface area contributed by atoms with E-state index in [0.29, 0.717) is 25.3 Å². The number of sulfone groups is 1. The zero-order valence-electron chi connectivity index (χ0n) is 13.3. The van der Waals surface area contributed by atoms with Crippen LogP contribution < -0.4 is 0 Å². The molecule has 6 nitrogen and oxygen atoms in total. The summed E-state index contributed by atoms with van der Waals surface area (Å²) in [5.74, 6) is -0.480. The second-order valence-electron chi connectivity index (χ2n) is 5.78. The summed E-state index contributed by atoms with van der Waals surface area (Å²) >= 11 is 0. The topological polar surface area (TPSA) is 76.8 Å². The monoisotopic (exact) mass is 349 g/mol. The summed E-state index contributed by atoms with van der Waals surface area (Å²) in [5.41, 5.74) is 0.378. The SMILES string of the molecule is C[C@H]1CN(C(=O)c2occc2CS(=O)(=O)c2ccccc2)CCO1. The minimum absolute atomic E-state index is 0.0471. The largest absolute Gasteiger partial charge is 0.459 e. The van der Waals surface area contributed by atoms with Gasteiger partial charge in [0.25, 0.3) is 5.91 Å². The number of carbonyl (C=O) groups excluding carboxylic acids is 1. The van der Waals surface area contributed by atoms with Gasteiger partial charge in [-0.05, 0) is 25.1 Å². The molecule has 7 heteroatoms. The lowest BCUT2D eigenvalue weighted by Crippen LogP contribution is -2.44. The Morgan fingerprint density at radius 1 is 1.25 bits per heavy atom. The average Bonchev–Trinajstić information content (AvgIpc) is 3.02. The van der Waals surface area contributed by atoms with Gasteiger partial charge in [-0.15, -0.1) is 0 Å². The van der Waals surface area contributed by atoms with Crippen LogP contribution in [-0.4, -0.2) is 45.0 Å². The Kier molecular flexibility index (Phi) is 4.73. The molecule has 0 N–H and O–H groups in total. The number of carbonyl (C=O) groups is 1. The van der Waals surface area contributed by atoms with Crippen molar-refractivity contribution in [3.8, 4) is 0 Å². The summed E-state index contributed by atoms with van der Waals surface area (Å²) in [6, 6.07) is 9.72. The van der Waals surface area contributed by atoms with Crippen molar-refractivity contribution in [2.75, 3.05) is 19.7 Å². The minimum atomic E-state index is -3.54. The summed E-state index contributed by atoms with van der Waals surface area (Å²) in [6.45, 7) is 3.28. The fraction of sp³-hybridized carbons (Fsp3) is 0.353. The van der Waals surface area contributed by atoms with Gasteiger partial charge in [-0.3, -0.25) is 4.79 Å². The number of amides is 1. The van der Waals surface area contributed by atoms with Gasteiger partial charge in [0, 0.05) is 18.7 Å². The molecular weight excluding hydrogens is 330 g/mol. The van der Waals surface area contributed by atoms with Gasteiger partial charge in [0.05, 0.1) is 29.6 Å². The van der Waals surface area contributed by atoms with Crippen LogP contribution in [0.5, 0.6) is 0 Å². The lowest BCUT2D eigenvalue weighted by Gasteiger charge is -2.30. The van der Waals surface area contributed by atoms with Gasteiger partial charge in [0.2, 0.25) is 0 Å². The van der Waals surface area contributed by atoms with Crippen LogP contribution in [0.15, 0.2) is 52.0 Å². The normalized spacial score (nSPS) is 18.5. The lowest BCUT2D eigenvalue weighted by atomic mass is 10.2. The van der Waals surface area contributed by atoms with E-state index in [1.54, 1.807) is 35.2 Å². The molecule has 128 valence electrons. The molecule has 2 aromatic rings. The van der Waals surface area contributed by atoms with Crippen molar-refractivity contribution in [3.05, 3.63) is 54.0 Å². The molecule has 0 bridgehead atoms. The van der Waals surface area contributed by atoms with Crippen molar-refractivity contribution in [2.24, 2.45) is 0 Å². The highest BCUT2D eigenvalue weighted by Gasteiger charge is 2.28. The summed E-state index contributed by atoms with van der Waals surface area (Å²) in [7, 11) is -3.54. The van der Waals surface area contributed by atoms with Crippen molar-refractivity contribution in [3.63, 3.8) is 0 Å². The number of nitrogens with zero attached hydrogens (tertiary/aromatic N) is 1. The van der Waals surface area contributed by atoms with E-state index in [1.807, 2.05) is 6.92 Å². The Bertz CT molecular complexity index is 813. The molecule has 1 aromatic heterocycles. The first-order valence-corrected chi connectivity index (χ1v) is 9.37. The predicted molar refractivity (Wildman–Crippen MR) is 87.4 cm³/mol. The molecule has 1 amide bonds. The van der Waals surface area contributed by atoms with E-state index in [4.69, 9.17) is 9.15 Å². The summed E-state index contributed by atoms with van der Waals surface area (Å²) in [6.07, 6.45) is 1.31. The number of furan rings is 1. The van der Waals surface area contributed by atoms with E-state index in [-0.39, 0.29) is 28.4 Å². The van der Waals surface area contributed by atoms with E-state index in [2.05, 4.69) is 0 Å². The van der Waals surface area contributed by atoms with Crippen LogP contribution in [-0.2, 0) is 20.3 Å². The second kappa shape index (κ2) is 6.78. The van der Waals surface area contributed by atoms with Crippen molar-refractivity contribution < 1.29 is 22.4 Å². The average molecular weight is 349 g/mol. The van der Waals surface area contributed by atoms with Gasteiger partial charge in [-0.25, -0.2) is 8.42 Å². The van der Waals surface area contributed by atoms with Gasteiger partial charge in [0.15, 0.2) is 15.6 Å². The molecule has 0 aliphatic carbocycles. The molecular formula is C17H19NO5S. The van der Waals surface area contributed by atoms with Gasteiger partial charge < -0.3 is 14.1 Å². The lowest BCUT2D eigenvalue weighted by molar-refractivity contribution is -0.0135. The van der Waals surface area contributed by atoms with Crippen molar-refractivity contribution in [2.45, 2.75) is 23.7 Å². The van der Waals surface area contributed by atoms with Crippen LogP contribution in [0.2, 0.25) is 0 Å². The highest BCUT2D eigenvalue weighted by atomic mass is 32.2. The quantitative estimate of drug-likeness (QED) is 0.845. The third-order valence-electron chi connectivity index (χ3n) is 3.92. The van der Waals surface area contributed by atoms with Crippen LogP contribution in [0.1, 0.15) is 23.0 Å². The molecule has 0 radical (unpaired) electrons. The molecule has 1 saturated heterocycles. The maximum atomic E-state index is 12.6. The van der Waals surface area contributed by atoms with Crippen LogP contribution in [0.4, 0.5) is 0 Å². The van der Waals surface area contributed by atoms with E-state index in [1.165, 1.54) is 12.3 Å². The molecule has 0 unspecified atom stereocenters. The number of hydrogen-bond acceptors (Lipinski definition) is 5. The first-order valence-electron chi connectivity index (χ1n) is 7.72. The first-order chi connectivity index (χ1) is 11.5. The number of morpholine rings is 1. The van der Waals surface area contributed by atoms with Gasteiger partial charge >= 0.3 is 0 Å². The summed E-state index contributed by atoms with van der Waals surface area (Å²) in [5, 5.41) is 0. The van der Waals surface area contributed by atoms with Crippen molar-refractivity contribution >= 4 is 15.7 Å². The number of hydrogen-bond donors (Lipinski definition) is 0. The Morgan fingerprint density at radius 2 is 2.00 bits per heavy atom. The Hall–Kier alpha value is -2.12. The van der Waals surface area contributed by atoms with Crippen molar-refractivity contribution in [1.82, 2.24) is 4.90 Å². The Morgan fingerprint density at radius 3 is 2.71 bits per heavy atom. The molecule has 3 rings (SSSR count). The van der Waals surface area contributed by atoms with Gasteiger partial charge in [0.1, 0.15) is 0 Å². The molecule has 24 heavy (non-hydrogen) atoms. The van der Waals surface area contributed by atoms with E-state index >= 15 is 0 Å². The molecule has 1 fully saturated rings. The molecule has 0 saturated carbocycles. The third kappa shape index (κ3) is 3.52. The second-order valence-corrected chi connectivity index (χ2v) is 7.77. The fourth-order valence-corrected chi connectivity index (χ4v) is 4.07. The smallest absolute Gasteiger partial charge is 0.290 e. The van der Waals surface area contributed by atoms with Gasteiger partial charge in [-0.2, -0.15) is 0 Å². The first kappa shape index (κ1) is 16.7. The van der Waals surface area contributed by atoms with Crippen LogP contribution in [0.25, 0.3) is 0 Å². The molecule has 1 aliphatic rings. The minimum Gasteiger partial charge on any atom is -0.459 e. The fourth-order valence-electron chi connectivity index (χ4n) is 2.70. The van der Waals surface area contributed by atoms with Crippen LogP contribution in [0, 0.1) is 0 Å². The standard InChI is InChI=1S/C17H19NO5S/c1-13-11-18(8-10-22-13)17(19)16-14(7-9-23-16)12-24(20,21)15-5-3-2-4-6-15/h2-7,9,13H,8,10-12H2,1H3/t13-/m0/s1. The zero-order chi connectivity index (χ0) is 17.2. The maximum Gasteiger partial charge on any atom is 0.290 e. The van der Waals surface area contributed by atoms with E-state index in [0.717, 1.165) is 0 Å². The number of ether oxygens (including phenoxy) is 1. The maximum absolute atomic E-state index is 12.6. The molecule has 1 aliphatic heterocycles. The number of rotatable bonds is 4. The third-order valence-corrected chi connectivity index (χ3v) is 5.60. The number of benzene rings is 1. The van der Waals surface area contributed by atoms with Gasteiger partial charge in [-0.1, -0.05) is 18.2 Å². The Balaban J connectivity index is 1.82. The zero-order valence-corrected chi connectivity index (χ0v) is 14.2. The molecule has 0 spiro atoms. The highest BCUT2D eigenvalue weighted by Crippen LogP contribution is 2.21. The molecule has 1 aromatic carbocycles. The molecule has 1 atom stereocenters. The van der Waals surface area contributed by atoms with Crippen molar-refractivity contribution in [1.29, 1.82) is 0 Å². The van der Waals surface area contributed by atoms with E-state index in [9.17, 15) is 13.2 Å². The molecule has 2 heterocycles. The van der Waals surface area contributed by atoms with Crippen LogP contribution >= 0.6 is 0 Å². The predicted octanol–water partition coefficient (Wildman–Crippen LogP) is 2.11. The summed E-state index contributed by atoms with van der Waals surface area (Å²) < 4.78 is 35.8. The highest BCUT2D eigenvalue weighted by molar-refractivity contribution is 7.90. The summed E-state index contributed by atoms with van der Waals surface area (Å²) in [4.78, 5) is 14.5. The Labute approximate surface area is 140 Å². The van der Waals surface area contributed by atoms with Crippen LogP contribution in [0.3, 0.4) is 0 Å². The van der Waals surface area contributed by atoms with E-state index < -0.39 is 9.84 Å².